The molecule has 1 rings (SSSR count). The summed E-state index contributed by atoms with van der Waals surface area (Å²) in [4.78, 5) is 21.5. The second-order valence-electron chi connectivity index (χ2n) is 2.70. The van der Waals surface area contributed by atoms with Crippen LogP contribution < -0.4 is 5.32 Å². The van der Waals surface area contributed by atoms with Crippen molar-refractivity contribution in [3.8, 4) is 0 Å². The first-order valence-corrected chi connectivity index (χ1v) is 4.73. The van der Waals surface area contributed by atoms with E-state index in [-0.39, 0.29) is 0 Å². The highest BCUT2D eigenvalue weighted by molar-refractivity contribution is 6.33. The predicted octanol–water partition coefficient (Wildman–Crippen LogP) is 2.72. The minimum atomic E-state index is -0.549. The zero-order valence-corrected chi connectivity index (χ0v) is 8.88. The van der Waals surface area contributed by atoms with E-state index in [1.807, 2.05) is 0 Å². The van der Waals surface area contributed by atoms with Gasteiger partial charge in [0.25, 0.3) is 0 Å². The molecule has 0 aromatic heterocycles. The van der Waals surface area contributed by atoms with Crippen molar-refractivity contribution in [2.24, 2.45) is 0 Å². The Hall–Kier alpha value is -1.55. The molecule has 0 atom stereocenters. The Morgan fingerprint density at radius 2 is 2.33 bits per heavy atom. The Labute approximate surface area is 92.2 Å². The van der Waals surface area contributed by atoms with Gasteiger partial charge in [-0.1, -0.05) is 11.6 Å². The maximum atomic E-state index is 11.0. The fraction of sp³-hybridized carbons (Fsp3) is 0.200. The van der Waals surface area contributed by atoms with Gasteiger partial charge in [0.1, 0.15) is 0 Å². The molecule has 0 bridgehead atoms. The molecule has 1 aromatic rings. The van der Waals surface area contributed by atoms with Gasteiger partial charge in [-0.15, -0.1) is 0 Å². The molecule has 0 saturated heterocycles. The highest BCUT2D eigenvalue weighted by atomic mass is 35.5. The molecule has 5 heteroatoms. The molecule has 80 valence electrons. The predicted molar refractivity (Wildman–Crippen MR) is 57.5 cm³/mol. The van der Waals surface area contributed by atoms with Crippen molar-refractivity contribution >= 4 is 29.7 Å². The number of benzene rings is 1. The van der Waals surface area contributed by atoms with E-state index in [2.05, 4.69) is 10.1 Å². The summed E-state index contributed by atoms with van der Waals surface area (Å²) in [5, 5.41) is 2.76. The molecule has 0 radical (unpaired) electrons. The van der Waals surface area contributed by atoms with Gasteiger partial charge < -0.3 is 4.74 Å². The normalized spacial score (nSPS) is 9.47. The van der Waals surface area contributed by atoms with E-state index in [9.17, 15) is 9.59 Å². The summed E-state index contributed by atoms with van der Waals surface area (Å²) in [7, 11) is 0. The zero-order chi connectivity index (χ0) is 11.3. The number of hydrogen-bond donors (Lipinski definition) is 1. The van der Waals surface area contributed by atoms with Crippen LogP contribution in [0.2, 0.25) is 5.02 Å². The minimum absolute atomic E-state index is 0.291. The van der Waals surface area contributed by atoms with Crippen LogP contribution >= 0.6 is 11.6 Å². The monoisotopic (exact) mass is 227 g/mol. The molecule has 0 saturated carbocycles. The number of ether oxygens (including phenoxy) is 1. The first-order chi connectivity index (χ1) is 7.17. The van der Waals surface area contributed by atoms with Crippen molar-refractivity contribution in [3.63, 3.8) is 0 Å². The molecule has 0 aliphatic heterocycles. The Kier molecular flexibility index (Phi) is 4.12. The van der Waals surface area contributed by atoms with Gasteiger partial charge in [-0.05, 0) is 25.1 Å². The number of nitrogens with one attached hydrogen (secondary N) is 1. The molecular formula is C10H10ClNO3. The van der Waals surface area contributed by atoms with Crippen LogP contribution in [0.5, 0.6) is 0 Å². The standard InChI is InChI=1S/C10H10ClNO3/c1-2-15-10(14)12-8-4-3-7(6-13)9(11)5-8/h3-6H,2H2,1H3,(H,12,14). The van der Waals surface area contributed by atoms with Gasteiger partial charge in [0.05, 0.1) is 11.6 Å². The largest absolute Gasteiger partial charge is 0.450 e. The molecule has 1 amide bonds. The lowest BCUT2D eigenvalue weighted by atomic mass is 10.2. The van der Waals surface area contributed by atoms with Crippen molar-refractivity contribution in [1.29, 1.82) is 0 Å². The van der Waals surface area contributed by atoms with Crippen LogP contribution in [-0.2, 0) is 4.74 Å². The molecular weight excluding hydrogens is 218 g/mol. The molecule has 4 nitrogen and oxygen atoms in total. The Morgan fingerprint density at radius 1 is 1.60 bits per heavy atom. The van der Waals surface area contributed by atoms with Crippen LogP contribution in [0, 0.1) is 0 Å². The quantitative estimate of drug-likeness (QED) is 0.808. The van der Waals surface area contributed by atoms with Gasteiger partial charge in [-0.3, -0.25) is 10.1 Å². The van der Waals surface area contributed by atoms with Crippen molar-refractivity contribution in [2.75, 3.05) is 11.9 Å². The number of aldehydes is 1. The Balaban J connectivity index is 2.75. The fourth-order valence-electron chi connectivity index (χ4n) is 0.985. The first-order valence-electron chi connectivity index (χ1n) is 4.36. The van der Waals surface area contributed by atoms with Crippen molar-refractivity contribution in [3.05, 3.63) is 28.8 Å². The molecule has 0 unspecified atom stereocenters. The number of carbonyl (C=O) groups is 2. The molecule has 1 aromatic carbocycles. The summed E-state index contributed by atoms with van der Waals surface area (Å²) in [6.45, 7) is 2.01. The topological polar surface area (TPSA) is 55.4 Å². The second kappa shape index (κ2) is 5.36. The highest BCUT2D eigenvalue weighted by Crippen LogP contribution is 2.19. The third-order valence-electron chi connectivity index (χ3n) is 1.65. The van der Waals surface area contributed by atoms with Crippen LogP contribution in [0.4, 0.5) is 10.5 Å². The number of amides is 1. The summed E-state index contributed by atoms with van der Waals surface area (Å²) in [5.74, 6) is 0. The summed E-state index contributed by atoms with van der Waals surface area (Å²) in [6, 6.07) is 4.59. The van der Waals surface area contributed by atoms with Crippen LogP contribution in [0.1, 0.15) is 17.3 Å². The second-order valence-corrected chi connectivity index (χ2v) is 3.11. The summed E-state index contributed by atoms with van der Waals surface area (Å²) in [6.07, 6.45) is 0.101. The zero-order valence-electron chi connectivity index (χ0n) is 8.12. The minimum Gasteiger partial charge on any atom is -0.450 e. The molecule has 0 spiro atoms. The van der Waals surface area contributed by atoms with E-state index in [0.717, 1.165) is 0 Å². The van der Waals surface area contributed by atoms with Crippen LogP contribution in [0.25, 0.3) is 0 Å². The molecule has 0 aliphatic rings. The molecule has 15 heavy (non-hydrogen) atoms. The van der Waals surface area contributed by atoms with E-state index >= 15 is 0 Å². The SMILES string of the molecule is CCOC(=O)Nc1ccc(C=O)c(Cl)c1. The summed E-state index contributed by atoms with van der Waals surface area (Å²) < 4.78 is 4.68. The van der Waals surface area contributed by atoms with Gasteiger partial charge in [0.2, 0.25) is 0 Å². The van der Waals surface area contributed by atoms with Gasteiger partial charge in [-0.25, -0.2) is 4.79 Å². The van der Waals surface area contributed by atoms with Crippen molar-refractivity contribution in [2.45, 2.75) is 6.92 Å². The van der Waals surface area contributed by atoms with Crippen LogP contribution in [0.3, 0.4) is 0 Å². The van der Waals surface area contributed by atoms with Crippen molar-refractivity contribution in [1.82, 2.24) is 0 Å². The van der Waals surface area contributed by atoms with E-state index < -0.39 is 6.09 Å². The summed E-state index contributed by atoms with van der Waals surface area (Å²) in [5.41, 5.74) is 0.870. The number of halogens is 1. The maximum Gasteiger partial charge on any atom is 0.411 e. The lowest BCUT2D eigenvalue weighted by molar-refractivity contribution is 0.112. The van der Waals surface area contributed by atoms with Gasteiger partial charge in [0.15, 0.2) is 6.29 Å². The van der Waals surface area contributed by atoms with E-state index in [4.69, 9.17) is 11.6 Å². The average Bonchev–Trinajstić information content (AvgIpc) is 2.18. The molecule has 1 N–H and O–H groups in total. The number of anilines is 1. The van der Waals surface area contributed by atoms with E-state index in [1.54, 1.807) is 13.0 Å². The highest BCUT2D eigenvalue weighted by Gasteiger charge is 2.04. The van der Waals surface area contributed by atoms with Gasteiger partial charge in [-0.2, -0.15) is 0 Å². The van der Waals surface area contributed by atoms with Gasteiger partial charge in [0, 0.05) is 11.3 Å². The number of hydrogen-bond acceptors (Lipinski definition) is 3. The first kappa shape index (κ1) is 11.5. The smallest absolute Gasteiger partial charge is 0.411 e. The average molecular weight is 228 g/mol. The molecule has 0 fully saturated rings. The molecule has 0 aliphatic carbocycles. The Morgan fingerprint density at radius 3 is 2.87 bits per heavy atom. The number of carbonyl (C=O) groups excluding carboxylic acids is 2. The third kappa shape index (κ3) is 3.25. The fourth-order valence-corrected chi connectivity index (χ4v) is 1.21. The number of rotatable bonds is 3. The maximum absolute atomic E-state index is 11.0. The van der Waals surface area contributed by atoms with Crippen molar-refractivity contribution < 1.29 is 14.3 Å². The van der Waals surface area contributed by atoms with Crippen LogP contribution in [-0.4, -0.2) is 19.0 Å². The third-order valence-corrected chi connectivity index (χ3v) is 1.98. The Bertz CT molecular complexity index is 379. The van der Waals surface area contributed by atoms with E-state index in [1.165, 1.54) is 12.1 Å². The molecule has 0 heterocycles. The summed E-state index contributed by atoms with van der Waals surface area (Å²) >= 11 is 5.77. The van der Waals surface area contributed by atoms with Gasteiger partial charge >= 0.3 is 6.09 Å². The van der Waals surface area contributed by atoms with Crippen LogP contribution in [0.15, 0.2) is 18.2 Å². The lowest BCUT2D eigenvalue weighted by Gasteiger charge is -2.05. The lowest BCUT2D eigenvalue weighted by Crippen LogP contribution is -2.13. The van der Waals surface area contributed by atoms with E-state index in [0.29, 0.717) is 29.2 Å².